The van der Waals surface area contributed by atoms with E-state index in [4.69, 9.17) is 27.9 Å². The molecule has 0 aromatic heterocycles. The highest BCUT2D eigenvalue weighted by Gasteiger charge is 2.33. The Morgan fingerprint density at radius 2 is 1.91 bits per heavy atom. The molecule has 33 heavy (non-hydrogen) atoms. The molecule has 2 aromatic carbocycles. The number of amides is 1. The van der Waals surface area contributed by atoms with Gasteiger partial charge in [-0.1, -0.05) is 60.1 Å². The summed E-state index contributed by atoms with van der Waals surface area (Å²) in [7, 11) is 0. The first-order valence-electron chi connectivity index (χ1n) is 10.3. The highest BCUT2D eigenvalue weighted by Crippen LogP contribution is 2.18. The van der Waals surface area contributed by atoms with Crippen LogP contribution in [-0.2, 0) is 11.2 Å². The van der Waals surface area contributed by atoms with Crippen LogP contribution >= 0.6 is 23.2 Å². The molecule has 0 saturated heterocycles. The number of carbonyl (C=O) groups excluding carboxylic acids is 1. The van der Waals surface area contributed by atoms with Crippen LogP contribution in [0.1, 0.15) is 11.1 Å². The fourth-order valence-corrected chi connectivity index (χ4v) is 3.55. The Kier molecular flexibility index (Phi) is 8.95. The van der Waals surface area contributed by atoms with Crippen molar-refractivity contribution in [2.24, 2.45) is 5.10 Å². The number of halogens is 2. The van der Waals surface area contributed by atoms with E-state index < -0.39 is 18.4 Å². The van der Waals surface area contributed by atoms with Crippen LogP contribution < -0.4 is 16.0 Å². The Balaban J connectivity index is 1.72. The standard InChI is InChI=1S/C23H24Cl2N6O2/c1-2-13-33-23(32)29-20-14-31(30-21(20)17-5-9-19(25)10-6-17)22(28-15-26)27-12-11-16-3-7-18(24)8-4-16/h2-10,20,22,27-28H,1,11-14H2,(H,29,32). The molecule has 172 valence electrons. The minimum Gasteiger partial charge on any atom is -0.445 e. The second-order valence-corrected chi connectivity index (χ2v) is 8.06. The van der Waals surface area contributed by atoms with Gasteiger partial charge in [-0.05, 0) is 36.2 Å². The first kappa shape index (κ1) is 24.4. The maximum atomic E-state index is 12.2. The van der Waals surface area contributed by atoms with Gasteiger partial charge in [-0.2, -0.15) is 10.4 Å². The Bertz CT molecular complexity index is 1020. The minimum atomic E-state index is -0.580. The fraction of sp³-hybridized carbons (Fsp3) is 0.261. The molecular formula is C23H24Cl2N6O2. The van der Waals surface area contributed by atoms with Gasteiger partial charge in [0.05, 0.1) is 18.3 Å². The Hall–Kier alpha value is -3.25. The summed E-state index contributed by atoms with van der Waals surface area (Å²) in [6.45, 7) is 4.55. The number of hydrogen-bond donors (Lipinski definition) is 3. The van der Waals surface area contributed by atoms with Crippen LogP contribution in [0.3, 0.4) is 0 Å². The molecule has 1 amide bonds. The molecule has 1 aliphatic heterocycles. The lowest BCUT2D eigenvalue weighted by molar-refractivity contribution is 0.145. The van der Waals surface area contributed by atoms with Gasteiger partial charge in [0.2, 0.25) is 0 Å². The zero-order chi connectivity index (χ0) is 23.6. The Labute approximate surface area is 202 Å². The normalized spacial score (nSPS) is 15.8. The predicted molar refractivity (Wildman–Crippen MR) is 129 cm³/mol. The lowest BCUT2D eigenvalue weighted by atomic mass is 10.0. The molecular weight excluding hydrogens is 463 g/mol. The summed E-state index contributed by atoms with van der Waals surface area (Å²) in [6.07, 6.45) is 3.04. The van der Waals surface area contributed by atoms with E-state index in [0.717, 1.165) is 17.5 Å². The van der Waals surface area contributed by atoms with Crippen molar-refractivity contribution in [2.75, 3.05) is 19.7 Å². The monoisotopic (exact) mass is 486 g/mol. The van der Waals surface area contributed by atoms with E-state index in [1.165, 1.54) is 6.08 Å². The second kappa shape index (κ2) is 12.1. The molecule has 0 saturated carbocycles. The molecule has 2 aromatic rings. The summed E-state index contributed by atoms with van der Waals surface area (Å²) in [6, 6.07) is 14.3. The third-order valence-electron chi connectivity index (χ3n) is 4.86. The van der Waals surface area contributed by atoms with Crippen molar-refractivity contribution >= 4 is 35.0 Å². The first-order valence-corrected chi connectivity index (χ1v) is 11.0. The number of hydrogen-bond acceptors (Lipinski definition) is 7. The van der Waals surface area contributed by atoms with Gasteiger partial charge in [0.25, 0.3) is 0 Å². The molecule has 8 nitrogen and oxygen atoms in total. The topological polar surface area (TPSA) is 102 Å². The van der Waals surface area contributed by atoms with Gasteiger partial charge in [-0.3, -0.25) is 15.6 Å². The van der Waals surface area contributed by atoms with Gasteiger partial charge in [0, 0.05) is 22.2 Å². The zero-order valence-corrected chi connectivity index (χ0v) is 19.3. The summed E-state index contributed by atoms with van der Waals surface area (Å²) in [5, 5.41) is 25.7. The van der Waals surface area contributed by atoms with E-state index in [-0.39, 0.29) is 6.61 Å². The highest BCUT2D eigenvalue weighted by atomic mass is 35.5. The highest BCUT2D eigenvalue weighted by molar-refractivity contribution is 6.31. The van der Waals surface area contributed by atoms with Crippen molar-refractivity contribution in [1.29, 1.82) is 5.26 Å². The molecule has 3 rings (SSSR count). The lowest BCUT2D eigenvalue weighted by Gasteiger charge is -2.26. The third-order valence-corrected chi connectivity index (χ3v) is 5.37. The molecule has 3 N–H and O–H groups in total. The molecule has 0 aliphatic carbocycles. The van der Waals surface area contributed by atoms with Crippen molar-refractivity contribution in [3.63, 3.8) is 0 Å². The maximum absolute atomic E-state index is 12.2. The van der Waals surface area contributed by atoms with E-state index in [9.17, 15) is 10.1 Å². The maximum Gasteiger partial charge on any atom is 0.408 e. The van der Waals surface area contributed by atoms with Gasteiger partial charge in [0.1, 0.15) is 6.61 Å². The molecule has 2 atom stereocenters. The quantitative estimate of drug-likeness (QED) is 0.205. The largest absolute Gasteiger partial charge is 0.445 e. The van der Waals surface area contributed by atoms with E-state index >= 15 is 0 Å². The van der Waals surface area contributed by atoms with E-state index in [0.29, 0.717) is 28.8 Å². The summed E-state index contributed by atoms with van der Waals surface area (Å²) in [5.41, 5.74) is 2.54. The average molecular weight is 487 g/mol. The summed E-state index contributed by atoms with van der Waals surface area (Å²) in [4.78, 5) is 12.2. The number of nitriles is 1. The number of hydrazone groups is 1. The van der Waals surface area contributed by atoms with Crippen LogP contribution in [0.25, 0.3) is 0 Å². The summed E-state index contributed by atoms with van der Waals surface area (Å²) in [5.74, 6) is 0. The van der Waals surface area contributed by atoms with Crippen molar-refractivity contribution in [2.45, 2.75) is 18.8 Å². The second-order valence-electron chi connectivity index (χ2n) is 7.19. The predicted octanol–water partition coefficient (Wildman–Crippen LogP) is 3.48. The van der Waals surface area contributed by atoms with Crippen LogP contribution in [0.5, 0.6) is 0 Å². The van der Waals surface area contributed by atoms with Gasteiger partial charge < -0.3 is 10.1 Å². The zero-order valence-electron chi connectivity index (χ0n) is 17.8. The lowest BCUT2D eigenvalue weighted by Crippen LogP contribution is -2.53. The number of ether oxygens (including phenoxy) is 1. The molecule has 0 bridgehead atoms. The molecule has 1 heterocycles. The van der Waals surface area contributed by atoms with Crippen molar-refractivity contribution in [1.82, 2.24) is 21.0 Å². The van der Waals surface area contributed by atoms with Gasteiger partial charge in [-0.25, -0.2) is 4.79 Å². The van der Waals surface area contributed by atoms with Crippen molar-refractivity contribution < 1.29 is 9.53 Å². The van der Waals surface area contributed by atoms with Gasteiger partial charge in [0.15, 0.2) is 12.5 Å². The molecule has 0 fully saturated rings. The number of nitrogens with zero attached hydrogens (tertiary/aromatic N) is 3. The number of carbonyl (C=O) groups is 1. The molecule has 2 unspecified atom stereocenters. The molecule has 1 aliphatic rings. The SMILES string of the molecule is C=CCOC(=O)NC1CN(C(NC#N)NCCc2ccc(Cl)cc2)N=C1c1ccc(Cl)cc1. The van der Waals surface area contributed by atoms with Gasteiger partial charge in [-0.15, -0.1) is 0 Å². The minimum absolute atomic E-state index is 0.0978. The molecule has 10 heteroatoms. The fourth-order valence-electron chi connectivity index (χ4n) is 3.29. The van der Waals surface area contributed by atoms with Gasteiger partial charge >= 0.3 is 6.09 Å². The van der Waals surface area contributed by atoms with E-state index in [2.05, 4.69) is 27.6 Å². The van der Waals surface area contributed by atoms with Crippen molar-refractivity contribution in [3.8, 4) is 6.19 Å². The number of nitrogens with one attached hydrogen (secondary N) is 3. The number of rotatable bonds is 10. The Morgan fingerprint density at radius 1 is 1.24 bits per heavy atom. The van der Waals surface area contributed by atoms with Crippen LogP contribution in [-0.4, -0.2) is 48.8 Å². The van der Waals surface area contributed by atoms with Crippen LogP contribution in [0.15, 0.2) is 66.3 Å². The summed E-state index contributed by atoms with van der Waals surface area (Å²) < 4.78 is 5.07. The van der Waals surface area contributed by atoms with Crippen LogP contribution in [0.2, 0.25) is 10.0 Å². The van der Waals surface area contributed by atoms with Crippen LogP contribution in [0, 0.1) is 11.5 Å². The smallest absolute Gasteiger partial charge is 0.408 e. The Morgan fingerprint density at radius 3 is 2.55 bits per heavy atom. The van der Waals surface area contributed by atoms with Crippen molar-refractivity contribution in [3.05, 3.63) is 82.4 Å². The first-order chi connectivity index (χ1) is 16.0. The number of alkyl carbamates (subject to hydrolysis) is 1. The van der Waals surface area contributed by atoms with Crippen LogP contribution in [0.4, 0.5) is 4.79 Å². The van der Waals surface area contributed by atoms with E-state index in [1.807, 2.05) is 42.6 Å². The van der Waals surface area contributed by atoms with E-state index in [1.54, 1.807) is 17.1 Å². The third kappa shape index (κ3) is 7.12. The summed E-state index contributed by atoms with van der Waals surface area (Å²) >= 11 is 12.0. The number of benzene rings is 2. The molecule has 0 radical (unpaired) electrons. The average Bonchev–Trinajstić information content (AvgIpc) is 3.22. The molecule has 0 spiro atoms.